The summed E-state index contributed by atoms with van der Waals surface area (Å²) in [6, 6.07) is 10.3. The van der Waals surface area contributed by atoms with E-state index >= 15 is 0 Å². The van der Waals surface area contributed by atoms with E-state index in [1.807, 2.05) is 16.7 Å². The van der Waals surface area contributed by atoms with E-state index in [2.05, 4.69) is 83.8 Å². The molecule has 2 amide bonds. The lowest BCUT2D eigenvalue weighted by atomic mass is 10.0. The van der Waals surface area contributed by atoms with Crippen LogP contribution in [0.15, 0.2) is 54.2 Å². The molecule has 0 unspecified atom stereocenters. The van der Waals surface area contributed by atoms with Crippen LogP contribution in [-0.4, -0.2) is 32.3 Å². The molecular weight excluding hydrogens is 668 g/mol. The molecule has 3 rings (SSSR count). The monoisotopic (exact) mass is 699 g/mol. The van der Waals surface area contributed by atoms with Crippen molar-refractivity contribution in [3.63, 3.8) is 0 Å². The summed E-state index contributed by atoms with van der Waals surface area (Å²) in [6.45, 7) is 12.6. The van der Waals surface area contributed by atoms with Crippen LogP contribution in [0.25, 0.3) is 0 Å². The fraction of sp³-hybridized carbons (Fsp3) is 0.357. The third kappa shape index (κ3) is 8.70. The summed E-state index contributed by atoms with van der Waals surface area (Å²) in [5.74, 6) is 0.808. The molecular formula is C28H32Cl2IN5O2S. The van der Waals surface area contributed by atoms with Gasteiger partial charge < -0.3 is 15.2 Å². The molecule has 0 fully saturated rings. The number of halogens is 3. The van der Waals surface area contributed by atoms with Crippen LogP contribution < -0.4 is 10.6 Å². The van der Waals surface area contributed by atoms with Crippen LogP contribution in [-0.2, 0) is 11.3 Å². The second-order valence-corrected chi connectivity index (χ2v) is 12.8. The predicted molar refractivity (Wildman–Crippen MR) is 169 cm³/mol. The topological polar surface area (TPSA) is 88.9 Å². The van der Waals surface area contributed by atoms with Gasteiger partial charge in [-0.3, -0.25) is 9.59 Å². The standard InChI is InChI=1S/C28H32Cl2IN5O2S/c1-6-11-36-26(24(12-16(2)3)33-27(38)20-9-7-18(29)13-22(20)30)34-35-28(36)39-15-25(37)32-23-10-8-19(31)14-21(23)17(4)5/h6-10,13-14,16-17,24H,1,11-12,15H2,2-5H3,(H,32,37)(H,33,38)/t24-/m1/s1. The van der Waals surface area contributed by atoms with E-state index in [1.54, 1.807) is 18.2 Å². The van der Waals surface area contributed by atoms with E-state index in [1.165, 1.54) is 17.8 Å². The second kappa shape index (κ2) is 14.5. The largest absolute Gasteiger partial charge is 0.342 e. The molecule has 2 aromatic carbocycles. The van der Waals surface area contributed by atoms with Gasteiger partial charge in [-0.05, 0) is 82.8 Å². The summed E-state index contributed by atoms with van der Waals surface area (Å²) in [5.41, 5.74) is 2.22. The quantitative estimate of drug-likeness (QED) is 0.115. The van der Waals surface area contributed by atoms with Gasteiger partial charge in [0.25, 0.3) is 5.91 Å². The Hall–Kier alpha value is -2.08. The molecule has 0 aliphatic heterocycles. The maximum Gasteiger partial charge on any atom is 0.253 e. The number of nitrogens with zero attached hydrogens (tertiary/aromatic N) is 3. The van der Waals surface area contributed by atoms with Crippen LogP contribution in [0.3, 0.4) is 0 Å². The smallest absolute Gasteiger partial charge is 0.253 e. The number of carbonyl (C=O) groups is 2. The zero-order valence-corrected chi connectivity index (χ0v) is 26.8. The molecule has 1 atom stereocenters. The minimum Gasteiger partial charge on any atom is -0.342 e. The molecule has 208 valence electrons. The Balaban J connectivity index is 1.80. The molecule has 0 saturated carbocycles. The summed E-state index contributed by atoms with van der Waals surface area (Å²) in [5, 5.41) is 16.2. The van der Waals surface area contributed by atoms with Gasteiger partial charge >= 0.3 is 0 Å². The zero-order chi connectivity index (χ0) is 28.7. The number of thioether (sulfide) groups is 1. The van der Waals surface area contributed by atoms with Gasteiger partial charge in [-0.2, -0.15) is 0 Å². The molecule has 0 radical (unpaired) electrons. The van der Waals surface area contributed by atoms with Crippen molar-refractivity contribution in [3.05, 3.63) is 79.6 Å². The van der Waals surface area contributed by atoms with E-state index in [0.29, 0.717) is 34.5 Å². The molecule has 0 spiro atoms. The van der Waals surface area contributed by atoms with Gasteiger partial charge in [0.05, 0.1) is 22.4 Å². The molecule has 1 aromatic heterocycles. The average molecular weight is 700 g/mol. The van der Waals surface area contributed by atoms with Crippen molar-refractivity contribution in [3.8, 4) is 0 Å². The number of allylic oxidation sites excluding steroid dienone is 1. The SMILES string of the molecule is C=CCn1c(SCC(=O)Nc2ccc(I)cc2C(C)C)nnc1[C@@H](CC(C)C)NC(=O)c1ccc(Cl)cc1Cl. The molecule has 2 N–H and O–H groups in total. The van der Waals surface area contributed by atoms with Crippen LogP contribution in [0.2, 0.25) is 10.0 Å². The predicted octanol–water partition coefficient (Wildman–Crippen LogP) is 7.75. The Morgan fingerprint density at radius 3 is 2.51 bits per heavy atom. The van der Waals surface area contributed by atoms with E-state index in [-0.39, 0.29) is 34.4 Å². The average Bonchev–Trinajstić information content (AvgIpc) is 3.25. The minimum atomic E-state index is -0.430. The third-order valence-electron chi connectivity index (χ3n) is 5.80. The van der Waals surface area contributed by atoms with Gasteiger partial charge in [0.1, 0.15) is 0 Å². The molecule has 1 heterocycles. The molecule has 0 aliphatic carbocycles. The number of anilines is 1. The van der Waals surface area contributed by atoms with E-state index in [9.17, 15) is 9.59 Å². The zero-order valence-electron chi connectivity index (χ0n) is 22.3. The number of nitrogens with one attached hydrogen (secondary N) is 2. The Bertz CT molecular complexity index is 1350. The van der Waals surface area contributed by atoms with Crippen molar-refractivity contribution in [2.75, 3.05) is 11.1 Å². The van der Waals surface area contributed by atoms with Crippen LogP contribution in [0, 0.1) is 9.49 Å². The first-order valence-corrected chi connectivity index (χ1v) is 15.3. The van der Waals surface area contributed by atoms with Gasteiger partial charge in [-0.1, -0.05) is 68.7 Å². The molecule has 3 aromatic rings. The highest BCUT2D eigenvalue weighted by Gasteiger charge is 2.25. The van der Waals surface area contributed by atoms with E-state index < -0.39 is 6.04 Å². The van der Waals surface area contributed by atoms with Crippen molar-refractivity contribution >= 4 is 75.1 Å². The Kier molecular flexibility index (Phi) is 11.7. The number of hydrogen-bond acceptors (Lipinski definition) is 5. The molecule has 39 heavy (non-hydrogen) atoms. The van der Waals surface area contributed by atoms with Crippen molar-refractivity contribution in [2.24, 2.45) is 5.92 Å². The lowest BCUT2D eigenvalue weighted by Crippen LogP contribution is -2.32. The normalized spacial score (nSPS) is 12.0. The van der Waals surface area contributed by atoms with Crippen LogP contribution in [0.1, 0.15) is 67.8 Å². The third-order valence-corrected chi connectivity index (χ3v) is 7.98. The Morgan fingerprint density at radius 1 is 1.13 bits per heavy atom. The van der Waals surface area contributed by atoms with Crippen LogP contribution in [0.5, 0.6) is 0 Å². The highest BCUT2D eigenvalue weighted by molar-refractivity contribution is 14.1. The number of benzene rings is 2. The summed E-state index contributed by atoms with van der Waals surface area (Å²) in [4.78, 5) is 26.0. The van der Waals surface area contributed by atoms with E-state index in [0.717, 1.165) is 14.8 Å². The summed E-state index contributed by atoms with van der Waals surface area (Å²) >= 11 is 15.8. The maximum absolute atomic E-state index is 13.1. The molecule has 7 nitrogen and oxygen atoms in total. The number of amides is 2. The first-order valence-electron chi connectivity index (χ1n) is 12.5. The first-order chi connectivity index (χ1) is 18.5. The van der Waals surface area contributed by atoms with Gasteiger partial charge in [-0.15, -0.1) is 16.8 Å². The summed E-state index contributed by atoms with van der Waals surface area (Å²) in [6.07, 6.45) is 2.37. The van der Waals surface area contributed by atoms with Crippen molar-refractivity contribution in [1.82, 2.24) is 20.1 Å². The minimum absolute atomic E-state index is 0.137. The number of carbonyl (C=O) groups excluding carboxylic acids is 2. The lowest BCUT2D eigenvalue weighted by molar-refractivity contribution is -0.113. The van der Waals surface area contributed by atoms with Gasteiger partial charge in [-0.25, -0.2) is 0 Å². The fourth-order valence-corrected chi connectivity index (χ4v) is 5.78. The molecule has 0 aliphatic rings. The number of rotatable bonds is 12. The van der Waals surface area contributed by atoms with E-state index in [4.69, 9.17) is 23.2 Å². The van der Waals surface area contributed by atoms with Crippen molar-refractivity contribution in [2.45, 2.75) is 57.8 Å². The Morgan fingerprint density at radius 2 is 1.87 bits per heavy atom. The van der Waals surface area contributed by atoms with Crippen LogP contribution >= 0.6 is 57.6 Å². The van der Waals surface area contributed by atoms with Gasteiger partial charge in [0.15, 0.2) is 11.0 Å². The van der Waals surface area contributed by atoms with Crippen LogP contribution in [0.4, 0.5) is 5.69 Å². The second-order valence-electron chi connectivity index (χ2n) is 9.74. The molecule has 0 saturated heterocycles. The summed E-state index contributed by atoms with van der Waals surface area (Å²) in [7, 11) is 0. The number of hydrogen-bond donors (Lipinski definition) is 2. The highest BCUT2D eigenvalue weighted by Crippen LogP contribution is 2.29. The van der Waals surface area contributed by atoms with Gasteiger partial charge in [0, 0.05) is 20.8 Å². The molecule has 0 bridgehead atoms. The fourth-order valence-electron chi connectivity index (χ4n) is 4.02. The molecule has 11 heteroatoms. The summed E-state index contributed by atoms with van der Waals surface area (Å²) < 4.78 is 3.00. The maximum atomic E-state index is 13.1. The van der Waals surface area contributed by atoms with Gasteiger partial charge in [0.2, 0.25) is 5.91 Å². The lowest BCUT2D eigenvalue weighted by Gasteiger charge is -2.21. The Labute approximate surface area is 257 Å². The van der Waals surface area contributed by atoms with Crippen molar-refractivity contribution < 1.29 is 9.59 Å². The number of aromatic nitrogens is 3. The highest BCUT2D eigenvalue weighted by atomic mass is 127. The van der Waals surface area contributed by atoms with Crippen molar-refractivity contribution in [1.29, 1.82) is 0 Å². The first kappa shape index (κ1) is 31.4.